The molecule has 0 aromatic heterocycles. The summed E-state index contributed by atoms with van der Waals surface area (Å²) in [6.07, 6.45) is -3.33. The van der Waals surface area contributed by atoms with Gasteiger partial charge in [-0.25, -0.2) is 0 Å². The zero-order valence-corrected chi connectivity index (χ0v) is 21.2. The van der Waals surface area contributed by atoms with Gasteiger partial charge in [0.2, 0.25) is 0 Å². The topological polar surface area (TPSA) is 71.3 Å². The first-order valence-corrected chi connectivity index (χ1v) is 11.7. The molecule has 0 aliphatic rings. The lowest BCUT2D eigenvalue weighted by molar-refractivity contribution is -0.137. The molecular formula is C26H19BrClF3N2O3. The van der Waals surface area contributed by atoms with E-state index in [9.17, 15) is 23.2 Å². The van der Waals surface area contributed by atoms with Crippen molar-refractivity contribution in [2.24, 2.45) is 0 Å². The molecule has 0 bridgehead atoms. The number of ether oxygens (including phenoxy) is 2. The molecule has 0 fully saturated rings. The number of carbonyl (C=O) groups is 1. The van der Waals surface area contributed by atoms with Gasteiger partial charge in [0.15, 0.2) is 11.5 Å². The molecule has 1 amide bonds. The van der Waals surface area contributed by atoms with Crippen molar-refractivity contribution >= 4 is 45.2 Å². The van der Waals surface area contributed by atoms with E-state index in [-0.39, 0.29) is 16.3 Å². The van der Waals surface area contributed by atoms with E-state index >= 15 is 0 Å². The first-order valence-electron chi connectivity index (χ1n) is 10.5. The Hall–Kier alpha value is -3.48. The van der Waals surface area contributed by atoms with Crippen molar-refractivity contribution in [2.45, 2.75) is 19.7 Å². The average molecular weight is 580 g/mol. The number of halogens is 5. The SMILES string of the molecule is CCOc1cc(/C=C(\C#N)C(=O)Nc2cc(C(F)(F)F)ccc2Cl)ccc1OCc1ccc(Br)cc1. The monoisotopic (exact) mass is 578 g/mol. The molecule has 0 saturated carbocycles. The van der Waals surface area contributed by atoms with Crippen molar-refractivity contribution in [3.8, 4) is 17.6 Å². The molecule has 3 rings (SSSR count). The summed E-state index contributed by atoms with van der Waals surface area (Å²) in [4.78, 5) is 12.6. The number of anilines is 1. The number of alkyl halides is 3. The summed E-state index contributed by atoms with van der Waals surface area (Å²) in [7, 11) is 0. The summed E-state index contributed by atoms with van der Waals surface area (Å²) < 4.78 is 51.5. The van der Waals surface area contributed by atoms with Gasteiger partial charge in [-0.1, -0.05) is 45.7 Å². The Morgan fingerprint density at radius 2 is 1.81 bits per heavy atom. The van der Waals surface area contributed by atoms with Crippen molar-refractivity contribution in [1.82, 2.24) is 0 Å². The fourth-order valence-electron chi connectivity index (χ4n) is 3.05. The van der Waals surface area contributed by atoms with Crippen LogP contribution in [0.2, 0.25) is 5.02 Å². The number of carbonyl (C=O) groups excluding carboxylic acids is 1. The largest absolute Gasteiger partial charge is 0.490 e. The standard InChI is InChI=1S/C26H19BrClF3N2O3/c1-2-35-24-12-17(5-10-23(24)36-15-16-3-7-20(27)8-4-16)11-18(14-32)25(34)33-22-13-19(26(29,30)31)6-9-21(22)28/h3-13H,2,15H2,1H3,(H,33,34)/b18-11+. The molecular weight excluding hydrogens is 561 g/mol. The smallest absolute Gasteiger partial charge is 0.416 e. The fraction of sp³-hybridized carbons (Fsp3) is 0.154. The number of rotatable bonds is 8. The minimum atomic E-state index is -4.62. The lowest BCUT2D eigenvalue weighted by atomic mass is 10.1. The van der Waals surface area contributed by atoms with E-state index in [0.717, 1.165) is 22.2 Å². The molecule has 0 radical (unpaired) electrons. The lowest BCUT2D eigenvalue weighted by Gasteiger charge is -2.13. The molecule has 3 aromatic carbocycles. The quantitative estimate of drug-likeness (QED) is 0.220. The Bertz CT molecular complexity index is 1320. The van der Waals surface area contributed by atoms with Gasteiger partial charge in [0, 0.05) is 4.47 Å². The van der Waals surface area contributed by atoms with Crippen LogP contribution in [-0.2, 0) is 17.6 Å². The first kappa shape index (κ1) is 27.1. The molecule has 1 N–H and O–H groups in total. The average Bonchev–Trinajstić information content (AvgIpc) is 2.83. The Balaban J connectivity index is 1.81. The van der Waals surface area contributed by atoms with Crippen LogP contribution >= 0.6 is 27.5 Å². The predicted octanol–water partition coefficient (Wildman–Crippen LogP) is 7.64. The summed E-state index contributed by atoms with van der Waals surface area (Å²) in [6, 6.07) is 16.8. The number of nitrogens with zero attached hydrogens (tertiary/aromatic N) is 1. The van der Waals surface area contributed by atoms with Crippen LogP contribution in [0.1, 0.15) is 23.6 Å². The Morgan fingerprint density at radius 3 is 2.44 bits per heavy atom. The molecule has 186 valence electrons. The number of hydrogen-bond donors (Lipinski definition) is 1. The minimum Gasteiger partial charge on any atom is -0.490 e. The molecule has 0 unspecified atom stereocenters. The Kier molecular flexibility index (Phi) is 9.02. The van der Waals surface area contributed by atoms with Crippen molar-refractivity contribution in [2.75, 3.05) is 11.9 Å². The number of nitrogens with one attached hydrogen (secondary N) is 1. The lowest BCUT2D eigenvalue weighted by Crippen LogP contribution is -2.15. The van der Waals surface area contributed by atoms with Crippen molar-refractivity contribution in [1.29, 1.82) is 5.26 Å². The molecule has 5 nitrogen and oxygen atoms in total. The third-order valence-electron chi connectivity index (χ3n) is 4.79. The van der Waals surface area contributed by atoms with Gasteiger partial charge in [-0.2, -0.15) is 18.4 Å². The second kappa shape index (κ2) is 12.0. The Morgan fingerprint density at radius 1 is 1.08 bits per heavy atom. The second-order valence-corrected chi connectivity index (χ2v) is 8.69. The number of amides is 1. The number of hydrogen-bond acceptors (Lipinski definition) is 4. The van der Waals surface area contributed by atoms with E-state index in [1.165, 1.54) is 6.08 Å². The highest BCUT2D eigenvalue weighted by Gasteiger charge is 2.31. The van der Waals surface area contributed by atoms with E-state index in [1.54, 1.807) is 31.2 Å². The summed E-state index contributed by atoms with van der Waals surface area (Å²) in [5.41, 5.74) is -0.179. The molecule has 0 aliphatic heterocycles. The third-order valence-corrected chi connectivity index (χ3v) is 5.65. The van der Waals surface area contributed by atoms with Crippen LogP contribution in [0, 0.1) is 11.3 Å². The molecule has 0 saturated heterocycles. The summed E-state index contributed by atoms with van der Waals surface area (Å²) >= 11 is 9.32. The fourth-order valence-corrected chi connectivity index (χ4v) is 3.48. The van der Waals surface area contributed by atoms with Crippen LogP contribution < -0.4 is 14.8 Å². The van der Waals surface area contributed by atoms with Gasteiger partial charge in [0.05, 0.1) is 22.9 Å². The first-order chi connectivity index (χ1) is 17.1. The van der Waals surface area contributed by atoms with E-state index in [1.807, 2.05) is 24.3 Å². The summed E-state index contributed by atoms with van der Waals surface area (Å²) in [5.74, 6) is -0.0372. The maximum atomic E-state index is 13.0. The van der Waals surface area contributed by atoms with E-state index in [4.69, 9.17) is 21.1 Å². The van der Waals surface area contributed by atoms with E-state index < -0.39 is 17.6 Å². The van der Waals surface area contributed by atoms with Crippen LogP contribution in [0.15, 0.2) is 70.7 Å². The van der Waals surface area contributed by atoms with Crippen LogP contribution in [0.25, 0.3) is 6.08 Å². The van der Waals surface area contributed by atoms with Gasteiger partial charge in [0.25, 0.3) is 5.91 Å². The van der Waals surface area contributed by atoms with Crippen molar-refractivity contribution < 1.29 is 27.4 Å². The highest BCUT2D eigenvalue weighted by molar-refractivity contribution is 9.10. The molecule has 10 heteroatoms. The van der Waals surface area contributed by atoms with E-state index in [2.05, 4.69) is 21.2 Å². The maximum Gasteiger partial charge on any atom is 0.416 e. The second-order valence-electron chi connectivity index (χ2n) is 7.37. The van der Waals surface area contributed by atoms with E-state index in [0.29, 0.717) is 36.3 Å². The normalized spacial score (nSPS) is 11.5. The summed E-state index contributed by atoms with van der Waals surface area (Å²) in [6.45, 7) is 2.45. The van der Waals surface area contributed by atoms with Crippen LogP contribution in [0.4, 0.5) is 18.9 Å². The molecule has 0 heterocycles. The zero-order chi connectivity index (χ0) is 26.3. The number of benzene rings is 3. The number of nitriles is 1. The molecule has 3 aromatic rings. The molecule has 0 spiro atoms. The van der Waals surface area contributed by atoms with Gasteiger partial charge in [-0.05, 0) is 66.6 Å². The molecule has 36 heavy (non-hydrogen) atoms. The maximum absolute atomic E-state index is 13.0. The van der Waals surface area contributed by atoms with Crippen molar-refractivity contribution in [3.05, 3.63) is 92.4 Å². The third kappa shape index (κ3) is 7.26. The van der Waals surface area contributed by atoms with Gasteiger partial charge in [-0.3, -0.25) is 4.79 Å². The van der Waals surface area contributed by atoms with Gasteiger partial charge >= 0.3 is 6.18 Å². The van der Waals surface area contributed by atoms with Gasteiger partial charge in [0.1, 0.15) is 18.2 Å². The van der Waals surface area contributed by atoms with Crippen LogP contribution in [-0.4, -0.2) is 12.5 Å². The van der Waals surface area contributed by atoms with Crippen LogP contribution in [0.5, 0.6) is 11.5 Å². The molecule has 0 aliphatic carbocycles. The zero-order valence-electron chi connectivity index (χ0n) is 18.8. The molecule has 0 atom stereocenters. The predicted molar refractivity (Wildman–Crippen MR) is 135 cm³/mol. The minimum absolute atomic E-state index is 0.0976. The highest BCUT2D eigenvalue weighted by Crippen LogP contribution is 2.34. The van der Waals surface area contributed by atoms with Crippen LogP contribution in [0.3, 0.4) is 0 Å². The highest BCUT2D eigenvalue weighted by atomic mass is 79.9. The van der Waals surface area contributed by atoms with Gasteiger partial charge in [-0.15, -0.1) is 0 Å². The van der Waals surface area contributed by atoms with Crippen molar-refractivity contribution in [3.63, 3.8) is 0 Å². The Labute approximate surface area is 219 Å². The van der Waals surface area contributed by atoms with Gasteiger partial charge < -0.3 is 14.8 Å². The summed E-state index contributed by atoms with van der Waals surface area (Å²) in [5, 5.41) is 11.7.